The quantitative estimate of drug-likeness (QED) is 0.204. The van der Waals surface area contributed by atoms with Crippen LogP contribution in [0, 0.1) is 5.41 Å². The summed E-state index contributed by atoms with van der Waals surface area (Å²) < 4.78 is 21.6. The van der Waals surface area contributed by atoms with E-state index in [1.807, 2.05) is 25.7 Å². The Morgan fingerprint density at radius 2 is 1.82 bits per heavy atom. The van der Waals surface area contributed by atoms with E-state index < -0.39 is 13.7 Å². The van der Waals surface area contributed by atoms with Crippen LogP contribution in [0.15, 0.2) is 16.9 Å². The van der Waals surface area contributed by atoms with Gasteiger partial charge in [0.15, 0.2) is 0 Å². The number of fused-ring (bicyclic) bond motifs is 1. The summed E-state index contributed by atoms with van der Waals surface area (Å²) in [5.41, 5.74) is 1.64. The van der Waals surface area contributed by atoms with Gasteiger partial charge in [-0.15, -0.1) is 0 Å². The van der Waals surface area contributed by atoms with Crippen LogP contribution in [0.5, 0.6) is 5.75 Å². The van der Waals surface area contributed by atoms with Gasteiger partial charge in [0.25, 0.3) is 0 Å². The number of amides is 1. The van der Waals surface area contributed by atoms with Crippen LogP contribution in [0.1, 0.15) is 84.1 Å². The van der Waals surface area contributed by atoms with E-state index in [2.05, 4.69) is 59.5 Å². The van der Waals surface area contributed by atoms with Crippen LogP contribution >= 0.6 is 15.9 Å². The lowest BCUT2D eigenvalue weighted by atomic mass is 9.81. The molecule has 2 aromatic rings. The molecular formula is C31H50BrN3O4Si. The lowest BCUT2D eigenvalue weighted by Crippen LogP contribution is -2.46. The molecule has 2 aromatic heterocycles. The maximum Gasteiger partial charge on any atom is 0.410 e. The Morgan fingerprint density at radius 3 is 2.45 bits per heavy atom. The number of carbonyl (C=O) groups is 1. The molecule has 1 saturated heterocycles. The summed E-state index contributed by atoms with van der Waals surface area (Å²) in [6.45, 7) is 18.4. The predicted octanol–water partition coefficient (Wildman–Crippen LogP) is 8.57. The Bertz CT molecular complexity index is 1160. The first-order chi connectivity index (χ1) is 18.7. The van der Waals surface area contributed by atoms with Gasteiger partial charge in [-0.2, -0.15) is 0 Å². The van der Waals surface area contributed by atoms with Gasteiger partial charge in [-0.05, 0) is 74.3 Å². The molecule has 0 spiro atoms. The standard InChI is InChI=1S/C31H50BrN3O4Si/c1-30(2,3)39-29(36)34-15-13-31(4,14-16-34)21-38-27-24(23-11-9-8-10-12-23)19-33-28-26(27)25(32)20-35(28)22-37-17-18-40(5,6)7/h19-20,23H,8-18,21-22H2,1-7H3. The van der Waals surface area contributed by atoms with Gasteiger partial charge in [0, 0.05) is 55.6 Å². The number of pyridine rings is 1. The van der Waals surface area contributed by atoms with Gasteiger partial charge in [-0.3, -0.25) is 0 Å². The van der Waals surface area contributed by atoms with E-state index in [-0.39, 0.29) is 11.5 Å². The van der Waals surface area contributed by atoms with Gasteiger partial charge in [0.1, 0.15) is 23.7 Å². The summed E-state index contributed by atoms with van der Waals surface area (Å²) in [6, 6.07) is 1.14. The molecule has 0 bridgehead atoms. The van der Waals surface area contributed by atoms with Crippen molar-refractivity contribution in [3.8, 4) is 5.75 Å². The number of aromatic nitrogens is 2. The van der Waals surface area contributed by atoms with Gasteiger partial charge in [0.2, 0.25) is 0 Å². The normalized spacial score (nSPS) is 18.8. The number of carbonyl (C=O) groups excluding carboxylic acids is 1. The van der Waals surface area contributed by atoms with Crippen molar-refractivity contribution in [2.24, 2.45) is 5.41 Å². The SMILES string of the molecule is CC1(COc2c(C3CCCCC3)cnc3c2c(Br)cn3COCC[Si](C)(C)C)CCN(C(=O)OC(C)(C)C)CC1. The van der Waals surface area contributed by atoms with Gasteiger partial charge < -0.3 is 23.7 Å². The monoisotopic (exact) mass is 635 g/mol. The number of likely N-dealkylation sites (tertiary alicyclic amines) is 1. The Balaban J connectivity index is 1.52. The number of hydrogen-bond donors (Lipinski definition) is 0. The van der Waals surface area contributed by atoms with Gasteiger partial charge >= 0.3 is 6.09 Å². The van der Waals surface area contributed by atoms with Crippen molar-refractivity contribution in [1.82, 2.24) is 14.5 Å². The van der Waals surface area contributed by atoms with Crippen molar-refractivity contribution in [2.75, 3.05) is 26.3 Å². The number of nitrogens with zero attached hydrogens (tertiary/aromatic N) is 3. The molecule has 1 aliphatic carbocycles. The van der Waals surface area contributed by atoms with Crippen LogP contribution in [0.4, 0.5) is 4.79 Å². The molecule has 0 aromatic carbocycles. The average molecular weight is 637 g/mol. The number of piperidine rings is 1. The molecule has 1 aliphatic heterocycles. The summed E-state index contributed by atoms with van der Waals surface area (Å²) in [5, 5.41) is 1.05. The second-order valence-electron chi connectivity index (χ2n) is 14.4. The minimum absolute atomic E-state index is 0.0209. The molecule has 0 N–H and O–H groups in total. The molecule has 224 valence electrons. The smallest absolute Gasteiger partial charge is 0.410 e. The third-order valence-electron chi connectivity index (χ3n) is 8.28. The number of ether oxygens (including phenoxy) is 3. The molecular weight excluding hydrogens is 586 g/mol. The molecule has 0 atom stereocenters. The summed E-state index contributed by atoms with van der Waals surface area (Å²) in [4.78, 5) is 19.4. The fourth-order valence-corrected chi connectivity index (χ4v) is 7.00. The van der Waals surface area contributed by atoms with E-state index in [1.165, 1.54) is 37.7 Å². The van der Waals surface area contributed by atoms with Crippen molar-refractivity contribution < 1.29 is 19.0 Å². The Labute approximate surface area is 250 Å². The number of hydrogen-bond acceptors (Lipinski definition) is 5. The van der Waals surface area contributed by atoms with Gasteiger partial charge in [-0.25, -0.2) is 9.78 Å². The highest BCUT2D eigenvalue weighted by Crippen LogP contribution is 2.44. The van der Waals surface area contributed by atoms with E-state index in [0.717, 1.165) is 46.7 Å². The highest BCUT2D eigenvalue weighted by Gasteiger charge is 2.35. The predicted molar refractivity (Wildman–Crippen MR) is 168 cm³/mol. The topological polar surface area (TPSA) is 65.8 Å². The highest BCUT2D eigenvalue weighted by atomic mass is 79.9. The zero-order valence-corrected chi connectivity index (χ0v) is 28.4. The molecule has 3 heterocycles. The van der Waals surface area contributed by atoms with Gasteiger partial charge in [-0.1, -0.05) is 45.8 Å². The molecule has 4 rings (SSSR count). The lowest BCUT2D eigenvalue weighted by molar-refractivity contribution is 0.00594. The number of rotatable bonds is 9. The summed E-state index contributed by atoms with van der Waals surface area (Å²) in [5.74, 6) is 1.45. The van der Waals surface area contributed by atoms with E-state index in [4.69, 9.17) is 19.2 Å². The van der Waals surface area contributed by atoms with Gasteiger partial charge in [0.05, 0.1) is 12.0 Å². The van der Waals surface area contributed by atoms with Crippen molar-refractivity contribution >= 4 is 41.1 Å². The van der Waals surface area contributed by atoms with Crippen LogP contribution in [-0.2, 0) is 16.2 Å². The van der Waals surface area contributed by atoms with E-state index in [9.17, 15) is 4.79 Å². The minimum atomic E-state index is -1.14. The van der Waals surface area contributed by atoms with Crippen LogP contribution in [0.25, 0.3) is 11.0 Å². The molecule has 2 aliphatic rings. The first kappa shape index (κ1) is 31.4. The molecule has 7 nitrogen and oxygen atoms in total. The van der Waals surface area contributed by atoms with Crippen LogP contribution in [0.3, 0.4) is 0 Å². The molecule has 1 amide bonds. The highest BCUT2D eigenvalue weighted by molar-refractivity contribution is 9.10. The largest absolute Gasteiger partial charge is 0.492 e. The molecule has 0 unspecified atom stereocenters. The molecule has 2 fully saturated rings. The fraction of sp³-hybridized carbons (Fsp3) is 0.742. The molecule has 0 radical (unpaired) electrons. The summed E-state index contributed by atoms with van der Waals surface area (Å²) in [7, 11) is -1.14. The van der Waals surface area contributed by atoms with E-state index in [0.29, 0.717) is 32.3 Å². The second-order valence-corrected chi connectivity index (χ2v) is 20.9. The third-order valence-corrected chi connectivity index (χ3v) is 10.6. The molecule has 40 heavy (non-hydrogen) atoms. The molecule has 9 heteroatoms. The summed E-state index contributed by atoms with van der Waals surface area (Å²) >= 11 is 3.85. The maximum atomic E-state index is 12.6. The maximum absolute atomic E-state index is 12.6. The van der Waals surface area contributed by atoms with Crippen molar-refractivity contribution in [3.63, 3.8) is 0 Å². The zero-order chi connectivity index (χ0) is 29.1. The minimum Gasteiger partial charge on any atom is -0.492 e. The van der Waals surface area contributed by atoms with Crippen LogP contribution in [-0.4, -0.2) is 60.5 Å². The fourth-order valence-electron chi connectivity index (χ4n) is 5.64. The second kappa shape index (κ2) is 12.7. The Hall–Kier alpha value is -1.58. The summed E-state index contributed by atoms with van der Waals surface area (Å²) in [6.07, 6.45) is 11.9. The number of halogens is 1. The van der Waals surface area contributed by atoms with Crippen molar-refractivity contribution in [3.05, 3.63) is 22.4 Å². The van der Waals surface area contributed by atoms with Crippen molar-refractivity contribution in [2.45, 2.75) is 117 Å². The zero-order valence-electron chi connectivity index (χ0n) is 25.8. The average Bonchev–Trinajstić information content (AvgIpc) is 3.20. The lowest BCUT2D eigenvalue weighted by Gasteiger charge is -2.39. The third kappa shape index (κ3) is 8.25. The van der Waals surface area contributed by atoms with E-state index in [1.54, 1.807) is 0 Å². The first-order valence-corrected chi connectivity index (χ1v) is 19.6. The van der Waals surface area contributed by atoms with Crippen LogP contribution < -0.4 is 4.74 Å². The van der Waals surface area contributed by atoms with Crippen LogP contribution in [0.2, 0.25) is 25.7 Å². The Kier molecular flexibility index (Phi) is 9.98. The first-order valence-electron chi connectivity index (χ1n) is 15.1. The molecule has 1 saturated carbocycles. The Morgan fingerprint density at radius 1 is 1.15 bits per heavy atom. The van der Waals surface area contributed by atoms with Crippen molar-refractivity contribution in [1.29, 1.82) is 0 Å². The van der Waals surface area contributed by atoms with E-state index >= 15 is 0 Å².